The summed E-state index contributed by atoms with van der Waals surface area (Å²) in [4.78, 5) is 2.21. The maximum atomic E-state index is 5.92. The molecule has 2 aromatic rings. The minimum absolute atomic E-state index is 0.344. The number of rotatable bonds is 4. The molecule has 0 amide bonds. The summed E-state index contributed by atoms with van der Waals surface area (Å²) in [5, 5.41) is 0.802. The van der Waals surface area contributed by atoms with E-state index >= 15 is 0 Å². The Balaban J connectivity index is 2.20. The quantitative estimate of drug-likeness (QED) is 0.778. The first-order chi connectivity index (χ1) is 8.65. The van der Waals surface area contributed by atoms with Gasteiger partial charge in [-0.15, -0.1) is 0 Å². The molecule has 2 rings (SSSR count). The molecular weight excluding hydrogens is 309 g/mol. The molecule has 0 spiro atoms. The summed E-state index contributed by atoms with van der Waals surface area (Å²) in [5.41, 5.74) is 1.41. The van der Waals surface area contributed by atoms with Crippen LogP contribution in [0.25, 0.3) is 0 Å². The van der Waals surface area contributed by atoms with E-state index < -0.39 is 0 Å². The molecule has 0 aromatic heterocycles. The molecule has 0 aliphatic carbocycles. The van der Waals surface area contributed by atoms with Gasteiger partial charge in [-0.2, -0.15) is 0 Å². The predicted octanol–water partition coefficient (Wildman–Crippen LogP) is 2.06. The Morgan fingerprint density at radius 1 is 1.00 bits per heavy atom. The molecule has 1 nitrogen and oxygen atoms in total. The Kier molecular flexibility index (Phi) is 4.85. The van der Waals surface area contributed by atoms with Crippen LogP contribution in [0, 0.1) is 0 Å². The van der Waals surface area contributed by atoms with Crippen molar-refractivity contribution in [2.24, 2.45) is 0 Å². The van der Waals surface area contributed by atoms with Gasteiger partial charge in [0.25, 0.3) is 0 Å². The first kappa shape index (κ1) is 13.6. The fourth-order valence-electron chi connectivity index (χ4n) is 1.70. The molecule has 0 saturated carbocycles. The van der Waals surface area contributed by atoms with Gasteiger partial charge in [0.15, 0.2) is 0 Å². The maximum absolute atomic E-state index is 5.92. The molecule has 0 saturated heterocycles. The summed E-state index contributed by atoms with van der Waals surface area (Å²) in [5.74, 6) is 0. The van der Waals surface area contributed by atoms with Gasteiger partial charge in [-0.05, 0) is 0 Å². The van der Waals surface area contributed by atoms with Crippen molar-refractivity contribution in [3.63, 3.8) is 0 Å². The Bertz CT molecular complexity index is 508. The van der Waals surface area contributed by atoms with Crippen molar-refractivity contribution < 1.29 is 0 Å². The van der Waals surface area contributed by atoms with Gasteiger partial charge in [-0.1, -0.05) is 0 Å². The van der Waals surface area contributed by atoms with Crippen molar-refractivity contribution in [2.75, 3.05) is 14.1 Å². The SMILES string of the molecule is CN(C)Cc1ccccc1[Se]c1ccc(Cl)cc1. The Labute approximate surface area is 120 Å². The molecular formula is C15H16ClNSe. The van der Waals surface area contributed by atoms with Crippen LogP contribution in [0.5, 0.6) is 0 Å². The van der Waals surface area contributed by atoms with Crippen molar-refractivity contribution in [3.8, 4) is 0 Å². The van der Waals surface area contributed by atoms with Crippen LogP contribution in [0.1, 0.15) is 5.56 Å². The van der Waals surface area contributed by atoms with E-state index in [1.54, 1.807) is 0 Å². The standard InChI is InChI=1S/C15H16ClNSe/c1-17(2)11-12-5-3-4-6-15(12)18-14-9-7-13(16)8-10-14/h3-10H,11H2,1-2H3. The van der Waals surface area contributed by atoms with E-state index in [0.29, 0.717) is 15.0 Å². The molecule has 18 heavy (non-hydrogen) atoms. The van der Waals surface area contributed by atoms with Crippen LogP contribution in [-0.4, -0.2) is 34.0 Å². The molecule has 0 N–H and O–H groups in total. The van der Waals surface area contributed by atoms with Crippen LogP contribution in [0.15, 0.2) is 48.5 Å². The summed E-state index contributed by atoms with van der Waals surface area (Å²) in [6, 6.07) is 16.8. The van der Waals surface area contributed by atoms with Gasteiger partial charge < -0.3 is 0 Å². The van der Waals surface area contributed by atoms with E-state index in [-0.39, 0.29) is 0 Å². The number of hydrogen-bond donors (Lipinski definition) is 0. The van der Waals surface area contributed by atoms with Crippen LogP contribution in [0.4, 0.5) is 0 Å². The molecule has 94 valence electrons. The number of halogens is 1. The van der Waals surface area contributed by atoms with Crippen LogP contribution in [-0.2, 0) is 6.54 Å². The number of nitrogens with zero attached hydrogens (tertiary/aromatic N) is 1. The van der Waals surface area contributed by atoms with Crippen molar-refractivity contribution >= 4 is 35.5 Å². The van der Waals surface area contributed by atoms with Gasteiger partial charge in [0.1, 0.15) is 0 Å². The summed E-state index contributed by atoms with van der Waals surface area (Å²) >= 11 is 6.26. The normalized spacial score (nSPS) is 10.9. The van der Waals surface area contributed by atoms with Crippen LogP contribution in [0.3, 0.4) is 0 Å². The van der Waals surface area contributed by atoms with Crippen LogP contribution in [0.2, 0.25) is 5.02 Å². The number of hydrogen-bond acceptors (Lipinski definition) is 1. The van der Waals surface area contributed by atoms with Gasteiger partial charge >= 0.3 is 120 Å². The molecule has 0 unspecified atom stereocenters. The zero-order valence-corrected chi connectivity index (χ0v) is 13.0. The van der Waals surface area contributed by atoms with Crippen LogP contribution >= 0.6 is 11.6 Å². The van der Waals surface area contributed by atoms with Gasteiger partial charge in [0.2, 0.25) is 0 Å². The molecule has 0 heterocycles. The van der Waals surface area contributed by atoms with Crippen LogP contribution < -0.4 is 8.92 Å². The Hall–Kier alpha value is -0.791. The third-order valence-corrected chi connectivity index (χ3v) is 5.12. The number of benzene rings is 2. The first-order valence-electron chi connectivity index (χ1n) is 5.81. The molecule has 2 aromatic carbocycles. The third-order valence-electron chi connectivity index (χ3n) is 2.50. The first-order valence-corrected chi connectivity index (χ1v) is 7.90. The zero-order chi connectivity index (χ0) is 13.0. The van der Waals surface area contributed by atoms with Crippen molar-refractivity contribution in [3.05, 3.63) is 59.1 Å². The second-order valence-electron chi connectivity index (χ2n) is 4.40. The molecule has 0 radical (unpaired) electrons. The summed E-state index contributed by atoms with van der Waals surface area (Å²) in [7, 11) is 4.21. The van der Waals surface area contributed by atoms with E-state index in [9.17, 15) is 0 Å². The van der Waals surface area contributed by atoms with E-state index in [4.69, 9.17) is 11.6 Å². The molecule has 0 fully saturated rings. The fraction of sp³-hybridized carbons (Fsp3) is 0.200. The van der Waals surface area contributed by atoms with E-state index in [1.807, 2.05) is 12.1 Å². The van der Waals surface area contributed by atoms with E-state index in [2.05, 4.69) is 55.4 Å². The van der Waals surface area contributed by atoms with Gasteiger partial charge in [-0.25, -0.2) is 0 Å². The van der Waals surface area contributed by atoms with E-state index in [1.165, 1.54) is 14.5 Å². The molecule has 0 aliphatic rings. The second-order valence-corrected chi connectivity index (χ2v) is 7.18. The molecule has 0 bridgehead atoms. The van der Waals surface area contributed by atoms with Gasteiger partial charge in [0, 0.05) is 0 Å². The van der Waals surface area contributed by atoms with Gasteiger partial charge in [-0.3, -0.25) is 0 Å². The van der Waals surface area contributed by atoms with Gasteiger partial charge in [0.05, 0.1) is 0 Å². The van der Waals surface area contributed by atoms with Crippen molar-refractivity contribution in [1.29, 1.82) is 0 Å². The third kappa shape index (κ3) is 3.86. The fourth-order valence-corrected chi connectivity index (χ4v) is 3.79. The molecule has 0 aliphatic heterocycles. The zero-order valence-electron chi connectivity index (χ0n) is 10.6. The Morgan fingerprint density at radius 2 is 1.67 bits per heavy atom. The van der Waals surface area contributed by atoms with Crippen molar-refractivity contribution in [1.82, 2.24) is 4.90 Å². The Morgan fingerprint density at radius 3 is 2.33 bits per heavy atom. The second kappa shape index (κ2) is 6.40. The monoisotopic (exact) mass is 325 g/mol. The molecule has 3 heteroatoms. The minimum atomic E-state index is 0.344. The van der Waals surface area contributed by atoms with Crippen molar-refractivity contribution in [2.45, 2.75) is 6.54 Å². The predicted molar refractivity (Wildman–Crippen MR) is 80.3 cm³/mol. The summed E-state index contributed by atoms with van der Waals surface area (Å²) < 4.78 is 2.80. The average molecular weight is 325 g/mol. The molecule has 0 atom stereocenters. The average Bonchev–Trinajstić information content (AvgIpc) is 2.34. The summed E-state index contributed by atoms with van der Waals surface area (Å²) in [6.45, 7) is 0.992. The topological polar surface area (TPSA) is 3.24 Å². The summed E-state index contributed by atoms with van der Waals surface area (Å²) in [6.07, 6.45) is 0. The van der Waals surface area contributed by atoms with E-state index in [0.717, 1.165) is 11.6 Å².